The van der Waals surface area contributed by atoms with Crippen molar-refractivity contribution in [1.29, 1.82) is 0 Å². The van der Waals surface area contributed by atoms with Crippen LogP contribution in [0.1, 0.15) is 72.9 Å². The average Bonchev–Trinajstić information content (AvgIpc) is 3.01. The van der Waals surface area contributed by atoms with Gasteiger partial charge in [-0.1, -0.05) is 67.4 Å². The summed E-state index contributed by atoms with van der Waals surface area (Å²) in [4.78, 5) is 39.1. The molecule has 3 amide bonds. The number of anilines is 1. The number of ether oxygens (including phenoxy) is 1. The smallest absolute Gasteiger partial charge is 0.251 e. The number of hydroxylamine groups is 1. The zero-order valence-corrected chi connectivity index (χ0v) is 23.8. The van der Waals surface area contributed by atoms with E-state index in [1.54, 1.807) is 23.6 Å². The van der Waals surface area contributed by atoms with E-state index >= 15 is 0 Å². The molecule has 0 radical (unpaired) electrons. The van der Waals surface area contributed by atoms with Gasteiger partial charge < -0.3 is 15.0 Å². The topological polar surface area (TPSA) is 108 Å². The Morgan fingerprint density at radius 3 is 2.27 bits per heavy atom. The van der Waals surface area contributed by atoms with Crippen LogP contribution in [-0.2, 0) is 22.6 Å². The van der Waals surface area contributed by atoms with Gasteiger partial charge in [0.05, 0.1) is 19.3 Å². The summed E-state index contributed by atoms with van der Waals surface area (Å²) in [6, 6.07) is 25.1. The second-order valence-electron chi connectivity index (χ2n) is 10.00. The van der Waals surface area contributed by atoms with Crippen molar-refractivity contribution in [2.24, 2.45) is 0 Å². The van der Waals surface area contributed by atoms with Crippen molar-refractivity contribution in [2.75, 3.05) is 18.6 Å². The predicted octanol–water partition coefficient (Wildman–Crippen LogP) is 5.83. The van der Waals surface area contributed by atoms with Crippen LogP contribution in [0.3, 0.4) is 0 Å². The maximum atomic E-state index is 13.4. The standard InChI is InChI=1S/C33H41N3O5/c1-41-30-20-11-10-19-29(30)36(32(38)22-9-3-8-21-31(37)35-40)25-27-17-13-18-28(24-27)33(39)34-23-12-4-7-16-26-14-5-2-6-15-26/h2,5-6,10-11,13-15,17-20,24,40H,3-4,7-9,12,16,21-23,25H2,1H3,(H,34,39)(H,35,37). The number of hydrogen-bond acceptors (Lipinski definition) is 5. The molecule has 0 heterocycles. The minimum atomic E-state index is -0.432. The van der Waals surface area contributed by atoms with E-state index in [2.05, 4.69) is 29.6 Å². The lowest BCUT2D eigenvalue weighted by molar-refractivity contribution is -0.129. The zero-order valence-electron chi connectivity index (χ0n) is 23.8. The number of para-hydroxylation sites is 2. The SMILES string of the molecule is COc1ccccc1N(Cc1cccc(C(=O)NCCCCCc2ccccc2)c1)C(=O)CCCCCC(=O)NO. The first kappa shape index (κ1) is 31.4. The minimum Gasteiger partial charge on any atom is -0.495 e. The fourth-order valence-electron chi connectivity index (χ4n) is 4.66. The highest BCUT2D eigenvalue weighted by Gasteiger charge is 2.20. The fraction of sp³-hybridized carbons (Fsp3) is 0.364. The maximum Gasteiger partial charge on any atom is 0.251 e. The lowest BCUT2D eigenvalue weighted by Crippen LogP contribution is -2.31. The van der Waals surface area contributed by atoms with Crippen molar-refractivity contribution in [3.05, 3.63) is 95.6 Å². The molecule has 8 heteroatoms. The van der Waals surface area contributed by atoms with E-state index in [1.165, 1.54) is 5.56 Å². The van der Waals surface area contributed by atoms with Crippen molar-refractivity contribution in [2.45, 2.75) is 64.3 Å². The monoisotopic (exact) mass is 559 g/mol. The Morgan fingerprint density at radius 1 is 0.780 bits per heavy atom. The Kier molecular flexibility index (Phi) is 13.4. The Balaban J connectivity index is 1.57. The molecule has 0 saturated carbocycles. The predicted molar refractivity (Wildman–Crippen MR) is 160 cm³/mol. The number of benzene rings is 3. The zero-order chi connectivity index (χ0) is 29.3. The van der Waals surface area contributed by atoms with Crippen LogP contribution in [0.2, 0.25) is 0 Å². The number of aryl methyl sites for hydroxylation is 1. The highest BCUT2D eigenvalue weighted by molar-refractivity contribution is 5.96. The number of nitrogens with one attached hydrogen (secondary N) is 2. The molecule has 41 heavy (non-hydrogen) atoms. The minimum absolute atomic E-state index is 0.0773. The summed E-state index contributed by atoms with van der Waals surface area (Å²) in [7, 11) is 1.57. The third kappa shape index (κ3) is 10.7. The van der Waals surface area contributed by atoms with Gasteiger partial charge >= 0.3 is 0 Å². The number of nitrogens with zero attached hydrogens (tertiary/aromatic N) is 1. The second-order valence-corrected chi connectivity index (χ2v) is 10.00. The molecule has 0 unspecified atom stereocenters. The molecule has 0 aromatic heterocycles. The summed E-state index contributed by atoms with van der Waals surface area (Å²) < 4.78 is 5.53. The summed E-state index contributed by atoms with van der Waals surface area (Å²) in [5.74, 6) is -0.0518. The van der Waals surface area contributed by atoms with Gasteiger partial charge in [0.1, 0.15) is 5.75 Å². The van der Waals surface area contributed by atoms with Gasteiger partial charge in [-0.2, -0.15) is 0 Å². The van der Waals surface area contributed by atoms with Gasteiger partial charge in [-0.05, 0) is 67.5 Å². The summed E-state index contributed by atoms with van der Waals surface area (Å²) in [5.41, 5.74) is 5.01. The van der Waals surface area contributed by atoms with Crippen molar-refractivity contribution in [1.82, 2.24) is 10.8 Å². The molecule has 8 nitrogen and oxygen atoms in total. The largest absolute Gasteiger partial charge is 0.495 e. The van der Waals surface area contributed by atoms with Crippen LogP contribution in [0.4, 0.5) is 5.69 Å². The highest BCUT2D eigenvalue weighted by atomic mass is 16.5. The number of rotatable bonds is 17. The van der Waals surface area contributed by atoms with Gasteiger partial charge in [0.2, 0.25) is 11.8 Å². The third-order valence-electron chi connectivity index (χ3n) is 6.90. The lowest BCUT2D eigenvalue weighted by atomic mass is 10.1. The van der Waals surface area contributed by atoms with E-state index in [4.69, 9.17) is 9.94 Å². The number of carbonyl (C=O) groups excluding carboxylic acids is 3. The molecule has 0 fully saturated rings. The molecular weight excluding hydrogens is 518 g/mol. The van der Waals surface area contributed by atoms with Crippen LogP contribution < -0.4 is 20.4 Å². The van der Waals surface area contributed by atoms with Crippen LogP contribution in [0.25, 0.3) is 0 Å². The normalized spacial score (nSPS) is 10.6. The van der Waals surface area contributed by atoms with Gasteiger partial charge in [-0.15, -0.1) is 0 Å². The quantitative estimate of drug-likeness (QED) is 0.110. The van der Waals surface area contributed by atoms with E-state index < -0.39 is 5.91 Å². The Bertz CT molecular complexity index is 1250. The maximum absolute atomic E-state index is 13.4. The van der Waals surface area contributed by atoms with Crippen molar-refractivity contribution in [3.63, 3.8) is 0 Å². The molecule has 0 bridgehead atoms. The third-order valence-corrected chi connectivity index (χ3v) is 6.90. The van der Waals surface area contributed by atoms with Crippen LogP contribution in [0.15, 0.2) is 78.9 Å². The summed E-state index contributed by atoms with van der Waals surface area (Å²) in [6.45, 7) is 0.899. The molecule has 0 aliphatic rings. The molecule has 0 saturated heterocycles. The Labute approximate surface area is 242 Å². The molecule has 0 atom stereocenters. The molecule has 0 spiro atoms. The molecule has 0 aliphatic carbocycles. The van der Waals surface area contributed by atoms with Crippen molar-refractivity contribution >= 4 is 23.4 Å². The first-order valence-electron chi connectivity index (χ1n) is 14.3. The molecule has 3 aromatic rings. The first-order chi connectivity index (χ1) is 20.0. The van der Waals surface area contributed by atoms with E-state index in [0.29, 0.717) is 49.2 Å². The summed E-state index contributed by atoms with van der Waals surface area (Å²) in [6.07, 6.45) is 6.46. The molecule has 3 aromatic carbocycles. The summed E-state index contributed by atoms with van der Waals surface area (Å²) in [5, 5.41) is 11.7. The van der Waals surface area contributed by atoms with E-state index in [1.807, 2.05) is 48.5 Å². The Hall–Kier alpha value is -4.17. The fourth-order valence-corrected chi connectivity index (χ4v) is 4.66. The van der Waals surface area contributed by atoms with Gasteiger partial charge in [-0.25, -0.2) is 5.48 Å². The van der Waals surface area contributed by atoms with E-state index in [-0.39, 0.29) is 24.8 Å². The van der Waals surface area contributed by atoms with Crippen LogP contribution in [-0.4, -0.2) is 36.6 Å². The highest BCUT2D eigenvalue weighted by Crippen LogP contribution is 2.30. The number of unbranched alkanes of at least 4 members (excludes halogenated alkanes) is 4. The molecule has 3 rings (SSSR count). The van der Waals surface area contributed by atoms with Gasteiger partial charge in [-0.3, -0.25) is 19.6 Å². The lowest BCUT2D eigenvalue weighted by Gasteiger charge is -2.25. The number of amides is 3. The first-order valence-corrected chi connectivity index (χ1v) is 14.3. The number of carbonyl (C=O) groups is 3. The van der Waals surface area contributed by atoms with Crippen LogP contribution in [0.5, 0.6) is 5.75 Å². The van der Waals surface area contributed by atoms with Gasteiger partial charge in [0.25, 0.3) is 5.91 Å². The molecule has 0 aliphatic heterocycles. The average molecular weight is 560 g/mol. The number of hydrogen-bond donors (Lipinski definition) is 3. The van der Waals surface area contributed by atoms with E-state index in [9.17, 15) is 14.4 Å². The second kappa shape index (κ2) is 17.5. The summed E-state index contributed by atoms with van der Waals surface area (Å²) >= 11 is 0. The molecule has 3 N–H and O–H groups in total. The van der Waals surface area contributed by atoms with Gasteiger partial charge in [0.15, 0.2) is 0 Å². The molecule has 218 valence electrons. The number of methoxy groups -OCH3 is 1. The van der Waals surface area contributed by atoms with Gasteiger partial charge in [0, 0.05) is 24.9 Å². The molecular formula is C33H41N3O5. The van der Waals surface area contributed by atoms with Crippen molar-refractivity contribution in [3.8, 4) is 5.75 Å². The van der Waals surface area contributed by atoms with E-state index in [0.717, 1.165) is 31.2 Å². The van der Waals surface area contributed by atoms with Crippen LogP contribution >= 0.6 is 0 Å². The van der Waals surface area contributed by atoms with Crippen molar-refractivity contribution < 1.29 is 24.3 Å². The Morgan fingerprint density at radius 2 is 1.49 bits per heavy atom. The van der Waals surface area contributed by atoms with Crippen LogP contribution in [0, 0.1) is 0 Å².